The van der Waals surface area contributed by atoms with Gasteiger partial charge >= 0.3 is 5.97 Å². The van der Waals surface area contributed by atoms with Crippen LogP contribution in [0.25, 0.3) is 0 Å². The van der Waals surface area contributed by atoms with Gasteiger partial charge in [0.15, 0.2) is 0 Å². The smallest absolute Gasteiger partial charge is 0.305 e. The zero-order valence-electron chi connectivity index (χ0n) is 15.6. The van der Waals surface area contributed by atoms with Gasteiger partial charge in [0, 0.05) is 29.2 Å². The van der Waals surface area contributed by atoms with Gasteiger partial charge in [-0.3, -0.25) is 4.79 Å². The lowest BCUT2D eigenvalue weighted by atomic mass is 9.91. The number of esters is 1. The van der Waals surface area contributed by atoms with Crippen LogP contribution in [-0.4, -0.2) is 36.7 Å². The van der Waals surface area contributed by atoms with E-state index in [2.05, 4.69) is 20.7 Å². The Hall–Kier alpha value is -1.50. The molecule has 4 unspecified atom stereocenters. The van der Waals surface area contributed by atoms with Gasteiger partial charge in [-0.05, 0) is 30.9 Å². The van der Waals surface area contributed by atoms with E-state index in [1.165, 1.54) is 7.11 Å². The molecule has 0 amide bonds. The van der Waals surface area contributed by atoms with Crippen LogP contribution in [0.2, 0.25) is 0 Å². The summed E-state index contributed by atoms with van der Waals surface area (Å²) in [6, 6.07) is 7.81. The van der Waals surface area contributed by atoms with Crippen LogP contribution in [0.5, 0.6) is 0 Å². The number of hydrogen-bond donors (Lipinski definition) is 1. The quantitative estimate of drug-likeness (QED) is 0.260. The number of carbonyl (C=O) groups excluding carboxylic acids is 2. The summed E-state index contributed by atoms with van der Waals surface area (Å²) >= 11 is 3.49. The molecular formula is C21H27BrO5. The molecule has 0 heterocycles. The number of unbranched alkanes of at least 4 members (excludes halogenated alkanes) is 1. The van der Waals surface area contributed by atoms with E-state index in [0.717, 1.165) is 29.2 Å². The average Bonchev–Trinajstić information content (AvgIpc) is 2.98. The first-order valence-corrected chi connectivity index (χ1v) is 10.1. The molecule has 1 aromatic carbocycles. The van der Waals surface area contributed by atoms with Crippen molar-refractivity contribution in [2.75, 3.05) is 7.11 Å². The number of hydrogen-bond acceptors (Lipinski definition) is 5. The van der Waals surface area contributed by atoms with Crippen molar-refractivity contribution in [2.24, 2.45) is 11.8 Å². The number of carbonyl (C=O) groups is 2. The molecule has 1 fully saturated rings. The number of benzene rings is 1. The predicted molar refractivity (Wildman–Crippen MR) is 106 cm³/mol. The van der Waals surface area contributed by atoms with Crippen molar-refractivity contribution in [3.63, 3.8) is 0 Å². The number of aldehydes is 1. The fourth-order valence-electron chi connectivity index (χ4n) is 3.43. The molecule has 6 heteroatoms. The number of halogens is 1. The predicted octanol–water partition coefficient (Wildman–Crippen LogP) is 3.82. The average molecular weight is 439 g/mol. The van der Waals surface area contributed by atoms with Crippen molar-refractivity contribution in [3.8, 4) is 0 Å². The summed E-state index contributed by atoms with van der Waals surface area (Å²) in [6.07, 6.45) is 7.05. The van der Waals surface area contributed by atoms with Crippen LogP contribution in [0.15, 0.2) is 40.9 Å². The van der Waals surface area contributed by atoms with E-state index >= 15 is 0 Å². The van der Waals surface area contributed by atoms with Crippen molar-refractivity contribution < 1.29 is 24.2 Å². The first-order valence-electron chi connectivity index (χ1n) is 9.27. The zero-order valence-corrected chi connectivity index (χ0v) is 17.1. The maximum Gasteiger partial charge on any atom is 0.305 e. The Balaban J connectivity index is 1.82. The molecule has 1 aliphatic rings. The summed E-state index contributed by atoms with van der Waals surface area (Å²) in [7, 11) is 1.38. The highest BCUT2D eigenvalue weighted by Gasteiger charge is 2.42. The van der Waals surface area contributed by atoms with Crippen LogP contribution in [0.1, 0.15) is 37.7 Å². The van der Waals surface area contributed by atoms with E-state index in [0.29, 0.717) is 25.9 Å². The standard InChI is InChI=1S/C21H27BrO5/c1-26-21(25)11-5-3-2-4-9-16-17(13-23)20(12-19(16)24)27-14-15-8-6-7-10-18(15)22/h2,4,6-8,10,13,16-17,19-20,24H,3,5,9,11-12,14H2,1H3. The minimum Gasteiger partial charge on any atom is -0.469 e. The Kier molecular flexibility index (Phi) is 9.18. The second-order valence-electron chi connectivity index (χ2n) is 6.80. The molecule has 0 saturated heterocycles. The van der Waals surface area contributed by atoms with Crippen LogP contribution in [0.4, 0.5) is 0 Å². The fourth-order valence-corrected chi connectivity index (χ4v) is 3.83. The molecule has 148 valence electrons. The molecular weight excluding hydrogens is 412 g/mol. The molecule has 0 aliphatic heterocycles. The van der Waals surface area contributed by atoms with Gasteiger partial charge in [-0.2, -0.15) is 0 Å². The summed E-state index contributed by atoms with van der Waals surface area (Å²) in [4.78, 5) is 22.7. The first kappa shape index (κ1) is 21.8. The van der Waals surface area contributed by atoms with Gasteiger partial charge in [0.2, 0.25) is 0 Å². The molecule has 4 atom stereocenters. The lowest BCUT2D eigenvalue weighted by Crippen LogP contribution is -2.24. The summed E-state index contributed by atoms with van der Waals surface area (Å²) < 4.78 is 11.5. The van der Waals surface area contributed by atoms with Crippen LogP contribution < -0.4 is 0 Å². The number of aliphatic hydroxyl groups is 1. The zero-order chi connectivity index (χ0) is 19.6. The third-order valence-corrected chi connectivity index (χ3v) is 5.79. The third-order valence-electron chi connectivity index (χ3n) is 5.01. The topological polar surface area (TPSA) is 72.8 Å². The van der Waals surface area contributed by atoms with Crippen LogP contribution >= 0.6 is 15.9 Å². The van der Waals surface area contributed by atoms with Crippen molar-refractivity contribution >= 4 is 28.2 Å². The molecule has 27 heavy (non-hydrogen) atoms. The SMILES string of the molecule is COC(=O)CCCC=CCC1C(O)CC(OCc2ccccc2Br)C1C=O. The second kappa shape index (κ2) is 11.4. The van der Waals surface area contributed by atoms with Crippen molar-refractivity contribution in [2.45, 2.75) is 50.9 Å². The number of ether oxygens (including phenoxy) is 2. The highest BCUT2D eigenvalue weighted by Crippen LogP contribution is 2.36. The Morgan fingerprint density at radius 2 is 2.11 bits per heavy atom. The van der Waals surface area contributed by atoms with Crippen LogP contribution in [-0.2, 0) is 25.7 Å². The Morgan fingerprint density at radius 3 is 2.81 bits per heavy atom. The molecule has 0 aromatic heterocycles. The molecule has 0 bridgehead atoms. The van der Waals surface area contributed by atoms with E-state index in [1.807, 2.05) is 36.4 Å². The highest BCUT2D eigenvalue weighted by molar-refractivity contribution is 9.10. The molecule has 1 saturated carbocycles. The lowest BCUT2D eigenvalue weighted by Gasteiger charge is -2.19. The van der Waals surface area contributed by atoms with E-state index < -0.39 is 6.10 Å². The molecule has 0 radical (unpaired) electrons. The Morgan fingerprint density at radius 1 is 1.33 bits per heavy atom. The van der Waals surface area contributed by atoms with Gasteiger partial charge in [-0.1, -0.05) is 46.3 Å². The van der Waals surface area contributed by atoms with Gasteiger partial charge in [0.25, 0.3) is 0 Å². The fraction of sp³-hybridized carbons (Fsp3) is 0.524. The summed E-state index contributed by atoms with van der Waals surface area (Å²) in [5.74, 6) is -0.661. The molecule has 5 nitrogen and oxygen atoms in total. The van der Waals surface area contributed by atoms with Gasteiger partial charge < -0.3 is 19.4 Å². The molecule has 1 aromatic rings. The van der Waals surface area contributed by atoms with Gasteiger partial charge in [-0.25, -0.2) is 0 Å². The van der Waals surface area contributed by atoms with E-state index in [-0.39, 0.29) is 23.9 Å². The van der Waals surface area contributed by atoms with Crippen molar-refractivity contribution in [1.29, 1.82) is 0 Å². The summed E-state index contributed by atoms with van der Waals surface area (Å²) in [6.45, 7) is 0.402. The summed E-state index contributed by atoms with van der Waals surface area (Å²) in [5, 5.41) is 10.4. The van der Waals surface area contributed by atoms with E-state index in [4.69, 9.17) is 4.74 Å². The molecule has 1 N–H and O–H groups in total. The summed E-state index contributed by atoms with van der Waals surface area (Å²) in [5.41, 5.74) is 1.02. The van der Waals surface area contributed by atoms with Gasteiger partial charge in [0.05, 0.1) is 25.9 Å². The molecule has 1 aliphatic carbocycles. The van der Waals surface area contributed by atoms with Crippen LogP contribution in [0, 0.1) is 11.8 Å². The monoisotopic (exact) mass is 438 g/mol. The molecule has 0 spiro atoms. The van der Waals surface area contributed by atoms with Gasteiger partial charge in [0.1, 0.15) is 6.29 Å². The van der Waals surface area contributed by atoms with Gasteiger partial charge in [-0.15, -0.1) is 0 Å². The minimum atomic E-state index is -0.552. The van der Waals surface area contributed by atoms with E-state index in [1.54, 1.807) is 0 Å². The third kappa shape index (κ3) is 6.55. The highest BCUT2D eigenvalue weighted by atomic mass is 79.9. The number of rotatable bonds is 10. The Labute approximate surface area is 168 Å². The Bertz CT molecular complexity index is 645. The van der Waals surface area contributed by atoms with Crippen molar-refractivity contribution in [1.82, 2.24) is 0 Å². The minimum absolute atomic E-state index is 0.136. The maximum atomic E-state index is 11.6. The lowest BCUT2D eigenvalue weighted by molar-refractivity contribution is -0.140. The van der Waals surface area contributed by atoms with E-state index in [9.17, 15) is 14.7 Å². The first-order chi connectivity index (χ1) is 13.1. The molecule has 2 rings (SSSR count). The largest absolute Gasteiger partial charge is 0.469 e. The maximum absolute atomic E-state index is 11.6. The number of allylic oxidation sites excluding steroid dienone is 2. The normalized spacial score (nSPS) is 25.0. The second-order valence-corrected chi connectivity index (χ2v) is 7.65. The number of aliphatic hydroxyl groups excluding tert-OH is 1. The van der Waals surface area contributed by atoms with Crippen LogP contribution in [0.3, 0.4) is 0 Å². The number of methoxy groups -OCH3 is 1. The van der Waals surface area contributed by atoms with Crippen molar-refractivity contribution in [3.05, 3.63) is 46.5 Å².